The molecular formula is C41H61N7O6. The molecule has 4 unspecified atom stereocenters. The highest BCUT2D eigenvalue weighted by atomic mass is 16.6. The smallest absolute Gasteiger partial charge is 0.410 e. The van der Waals surface area contributed by atoms with Gasteiger partial charge in [-0.2, -0.15) is 0 Å². The van der Waals surface area contributed by atoms with E-state index in [-0.39, 0.29) is 35.9 Å². The summed E-state index contributed by atoms with van der Waals surface area (Å²) in [5.41, 5.74) is 13.8. The molecule has 5 amide bonds. The molecule has 2 fully saturated rings. The fourth-order valence-electron chi connectivity index (χ4n) is 7.20. The Morgan fingerprint density at radius 2 is 1.26 bits per heavy atom. The first-order valence-electron chi connectivity index (χ1n) is 19.5. The number of nitrogens with one attached hydrogen (secondary N) is 3. The molecule has 2 aromatic carbocycles. The topological polar surface area (TPSA) is 189 Å². The van der Waals surface area contributed by atoms with Gasteiger partial charge in [-0.1, -0.05) is 74.5 Å². The number of benzene rings is 2. The van der Waals surface area contributed by atoms with Gasteiger partial charge >= 0.3 is 6.09 Å². The fourth-order valence-corrected chi connectivity index (χ4v) is 7.20. The molecule has 0 radical (unpaired) electrons. The lowest BCUT2D eigenvalue weighted by molar-refractivity contribution is -0.141. The van der Waals surface area contributed by atoms with E-state index >= 15 is 0 Å². The van der Waals surface area contributed by atoms with Crippen molar-refractivity contribution in [1.29, 1.82) is 0 Å². The van der Waals surface area contributed by atoms with Crippen LogP contribution in [0, 0.1) is 11.3 Å². The number of rotatable bonds is 18. The standard InChI is InChI=1S/C41H61N7O6/c1-28(2)23-34(46-38(51)35(25-31-15-9-6-10-16-31)45-36(49)32(43)24-30-13-7-5-8-14-30)37(50)44-33(17-11-12-20-42)39(52)47-21-18-41(19-22-47)26-48(27-41)40(53)54-29(3)4/h5-10,13-16,28-29,32-35H,11-12,17-27,42-43H2,1-4H3,(H,44,50)(H,45,49)(H,46,51). The van der Waals surface area contributed by atoms with Crippen LogP contribution in [0.4, 0.5) is 4.79 Å². The van der Waals surface area contributed by atoms with Gasteiger partial charge < -0.3 is 42.0 Å². The van der Waals surface area contributed by atoms with Crippen molar-refractivity contribution in [1.82, 2.24) is 25.8 Å². The van der Waals surface area contributed by atoms with Crippen LogP contribution in [0.2, 0.25) is 0 Å². The number of unbranched alkanes of at least 4 members (excludes halogenated alkanes) is 1. The number of carbonyl (C=O) groups is 5. The van der Waals surface area contributed by atoms with E-state index in [0.29, 0.717) is 64.8 Å². The van der Waals surface area contributed by atoms with Gasteiger partial charge in [-0.15, -0.1) is 0 Å². The van der Waals surface area contributed by atoms with E-state index in [9.17, 15) is 24.0 Å². The Morgan fingerprint density at radius 3 is 1.81 bits per heavy atom. The molecule has 4 rings (SSSR count). The molecule has 13 nitrogen and oxygen atoms in total. The summed E-state index contributed by atoms with van der Waals surface area (Å²) in [7, 11) is 0. The number of nitrogens with two attached hydrogens (primary N) is 2. The number of carbonyl (C=O) groups excluding carboxylic acids is 5. The third-order valence-corrected chi connectivity index (χ3v) is 10.2. The molecule has 13 heteroatoms. The lowest BCUT2D eigenvalue weighted by atomic mass is 9.72. The minimum Gasteiger partial charge on any atom is -0.447 e. The number of likely N-dealkylation sites (tertiary alicyclic amines) is 2. The average molecular weight is 748 g/mol. The van der Waals surface area contributed by atoms with Gasteiger partial charge in [0.1, 0.15) is 18.1 Å². The largest absolute Gasteiger partial charge is 0.447 e. The van der Waals surface area contributed by atoms with Crippen LogP contribution in [0.1, 0.15) is 77.3 Å². The van der Waals surface area contributed by atoms with Gasteiger partial charge in [0.25, 0.3) is 0 Å². The highest BCUT2D eigenvalue weighted by Crippen LogP contribution is 2.41. The molecule has 4 atom stereocenters. The molecule has 7 N–H and O–H groups in total. The number of hydrogen-bond donors (Lipinski definition) is 5. The van der Waals surface area contributed by atoms with E-state index in [4.69, 9.17) is 16.2 Å². The predicted molar refractivity (Wildman–Crippen MR) is 208 cm³/mol. The second-order valence-corrected chi connectivity index (χ2v) is 15.7. The molecule has 296 valence electrons. The van der Waals surface area contributed by atoms with Crippen LogP contribution in [0.15, 0.2) is 60.7 Å². The maximum absolute atomic E-state index is 14.0. The van der Waals surface area contributed by atoms with Crippen molar-refractivity contribution in [3.05, 3.63) is 71.8 Å². The van der Waals surface area contributed by atoms with E-state index < -0.39 is 41.9 Å². The number of amides is 5. The third-order valence-electron chi connectivity index (χ3n) is 10.2. The Morgan fingerprint density at radius 1 is 0.722 bits per heavy atom. The third kappa shape index (κ3) is 12.5. The number of hydrogen-bond acceptors (Lipinski definition) is 8. The summed E-state index contributed by atoms with van der Waals surface area (Å²) in [6, 6.07) is 15.1. The first kappa shape index (κ1) is 42.3. The van der Waals surface area contributed by atoms with Crippen molar-refractivity contribution in [2.45, 2.75) is 109 Å². The van der Waals surface area contributed by atoms with Crippen LogP contribution >= 0.6 is 0 Å². The molecule has 0 saturated carbocycles. The summed E-state index contributed by atoms with van der Waals surface area (Å²) in [6.45, 7) is 10.3. The lowest BCUT2D eigenvalue weighted by Crippen LogP contribution is -2.63. The molecular weight excluding hydrogens is 686 g/mol. The Balaban J connectivity index is 1.43. The first-order valence-corrected chi connectivity index (χ1v) is 19.5. The zero-order valence-corrected chi connectivity index (χ0v) is 32.4. The summed E-state index contributed by atoms with van der Waals surface area (Å²) in [4.78, 5) is 71.2. The zero-order chi connectivity index (χ0) is 39.3. The second kappa shape index (κ2) is 20.3. The highest BCUT2D eigenvalue weighted by molar-refractivity contribution is 5.95. The van der Waals surface area contributed by atoms with Gasteiger partial charge in [-0.25, -0.2) is 4.79 Å². The predicted octanol–water partition coefficient (Wildman–Crippen LogP) is 2.90. The van der Waals surface area contributed by atoms with E-state index in [1.54, 1.807) is 9.80 Å². The van der Waals surface area contributed by atoms with Crippen LogP contribution < -0.4 is 27.4 Å². The van der Waals surface area contributed by atoms with Gasteiger partial charge in [0.2, 0.25) is 23.6 Å². The van der Waals surface area contributed by atoms with Crippen LogP contribution in [0.3, 0.4) is 0 Å². The molecule has 2 saturated heterocycles. The Bertz CT molecular complexity index is 1520. The summed E-state index contributed by atoms with van der Waals surface area (Å²) in [5.74, 6) is -1.58. The molecule has 2 heterocycles. The van der Waals surface area contributed by atoms with E-state index in [0.717, 1.165) is 24.0 Å². The number of nitrogens with zero attached hydrogens (tertiary/aromatic N) is 2. The van der Waals surface area contributed by atoms with Crippen molar-refractivity contribution in [2.75, 3.05) is 32.7 Å². The molecule has 0 bridgehead atoms. The maximum atomic E-state index is 14.0. The molecule has 1 spiro atoms. The van der Waals surface area contributed by atoms with Crippen LogP contribution in [-0.2, 0) is 36.8 Å². The first-order chi connectivity index (χ1) is 25.8. The van der Waals surface area contributed by atoms with Crippen molar-refractivity contribution in [3.63, 3.8) is 0 Å². The maximum Gasteiger partial charge on any atom is 0.410 e. The zero-order valence-electron chi connectivity index (χ0n) is 32.4. The van der Waals surface area contributed by atoms with Gasteiger partial charge in [0.15, 0.2) is 0 Å². The van der Waals surface area contributed by atoms with Crippen molar-refractivity contribution >= 4 is 29.7 Å². The normalized spacial score (nSPS) is 17.3. The Hall–Kier alpha value is -4.49. The Labute approximate surface area is 320 Å². The molecule has 2 aliphatic heterocycles. The van der Waals surface area contributed by atoms with Crippen molar-refractivity contribution in [2.24, 2.45) is 22.8 Å². The number of piperidine rings is 1. The minimum absolute atomic E-state index is 0.0328. The van der Waals surface area contributed by atoms with Crippen LogP contribution in [0.25, 0.3) is 0 Å². The summed E-state index contributed by atoms with van der Waals surface area (Å²) < 4.78 is 5.34. The van der Waals surface area contributed by atoms with Crippen molar-refractivity contribution in [3.8, 4) is 0 Å². The fraction of sp³-hybridized carbons (Fsp3) is 0.585. The van der Waals surface area contributed by atoms with Gasteiger partial charge in [-0.3, -0.25) is 19.2 Å². The summed E-state index contributed by atoms with van der Waals surface area (Å²) >= 11 is 0. The average Bonchev–Trinajstić information content (AvgIpc) is 3.13. The molecule has 54 heavy (non-hydrogen) atoms. The molecule has 0 aromatic heterocycles. The van der Waals surface area contributed by atoms with Gasteiger partial charge in [0.05, 0.1) is 12.1 Å². The highest BCUT2D eigenvalue weighted by Gasteiger charge is 2.48. The minimum atomic E-state index is -0.999. The monoisotopic (exact) mass is 747 g/mol. The summed E-state index contributed by atoms with van der Waals surface area (Å²) in [6.07, 6.45) is 3.59. The van der Waals surface area contributed by atoms with Crippen molar-refractivity contribution < 1.29 is 28.7 Å². The molecule has 2 aliphatic rings. The SMILES string of the molecule is CC(C)CC(NC(=O)C(Cc1ccccc1)NC(=O)C(N)Cc1ccccc1)C(=O)NC(CCCCN)C(=O)N1CCC2(CC1)CN(C(=O)OC(C)C)C2. The Kier molecular flexibility index (Phi) is 15.9. The second-order valence-electron chi connectivity index (χ2n) is 15.7. The van der Waals surface area contributed by atoms with Crippen LogP contribution in [-0.4, -0.2) is 103 Å². The summed E-state index contributed by atoms with van der Waals surface area (Å²) in [5, 5.41) is 8.74. The number of ether oxygens (including phenoxy) is 1. The quantitative estimate of drug-likeness (QED) is 0.144. The molecule has 2 aromatic rings. The van der Waals surface area contributed by atoms with Gasteiger partial charge in [0, 0.05) is 38.0 Å². The lowest BCUT2D eigenvalue weighted by Gasteiger charge is -2.53. The molecule has 0 aliphatic carbocycles. The van der Waals surface area contributed by atoms with Gasteiger partial charge in [-0.05, 0) is 82.4 Å². The van der Waals surface area contributed by atoms with Crippen LogP contribution in [0.5, 0.6) is 0 Å². The van der Waals surface area contributed by atoms with E-state index in [2.05, 4.69) is 16.0 Å². The van der Waals surface area contributed by atoms with E-state index in [1.165, 1.54) is 0 Å². The van der Waals surface area contributed by atoms with E-state index in [1.807, 2.05) is 88.4 Å².